The van der Waals surface area contributed by atoms with E-state index >= 15 is 0 Å². The summed E-state index contributed by atoms with van der Waals surface area (Å²) in [6.45, 7) is 0. The van der Waals surface area contributed by atoms with Gasteiger partial charge in [-0.15, -0.1) is 0 Å². The van der Waals surface area contributed by atoms with Crippen molar-refractivity contribution in [1.82, 2.24) is 0 Å². The highest BCUT2D eigenvalue weighted by atomic mass is 16.7. The molecule has 1 aliphatic carbocycles. The molecule has 0 aromatic heterocycles. The Hall–Kier alpha value is -0.0800. The fourth-order valence-electron chi connectivity index (χ4n) is 2.47. The van der Waals surface area contributed by atoms with Gasteiger partial charge in [-0.2, -0.15) is 0 Å². The van der Waals surface area contributed by atoms with Crippen molar-refractivity contribution in [2.24, 2.45) is 5.92 Å². The standard InChI is InChI=1S/C10H18O2/c1-11-10-7-6-8-4-2-3-5-9(8)12-10/h8-10H,2-7H2,1H3/t8?,9-,10?/m1/s1. The van der Waals surface area contributed by atoms with Crippen LogP contribution in [0.4, 0.5) is 0 Å². The van der Waals surface area contributed by atoms with E-state index in [4.69, 9.17) is 9.47 Å². The third kappa shape index (κ3) is 1.64. The fourth-order valence-corrected chi connectivity index (χ4v) is 2.47. The van der Waals surface area contributed by atoms with Crippen LogP contribution in [-0.2, 0) is 9.47 Å². The predicted octanol–water partition coefficient (Wildman–Crippen LogP) is 2.33. The lowest BCUT2D eigenvalue weighted by Gasteiger charge is -2.38. The van der Waals surface area contributed by atoms with Gasteiger partial charge in [-0.05, 0) is 31.6 Å². The van der Waals surface area contributed by atoms with Gasteiger partial charge in [0.25, 0.3) is 0 Å². The van der Waals surface area contributed by atoms with Crippen molar-refractivity contribution in [2.75, 3.05) is 7.11 Å². The second kappa shape index (κ2) is 3.75. The molecule has 2 aliphatic rings. The zero-order valence-corrected chi connectivity index (χ0v) is 7.79. The van der Waals surface area contributed by atoms with Crippen LogP contribution in [0, 0.1) is 5.92 Å². The van der Waals surface area contributed by atoms with Crippen LogP contribution in [0.15, 0.2) is 0 Å². The van der Waals surface area contributed by atoms with Crippen LogP contribution in [0.5, 0.6) is 0 Å². The number of rotatable bonds is 1. The van der Waals surface area contributed by atoms with Gasteiger partial charge in [0.05, 0.1) is 6.10 Å². The van der Waals surface area contributed by atoms with Crippen LogP contribution < -0.4 is 0 Å². The average molecular weight is 170 g/mol. The molecule has 2 rings (SSSR count). The summed E-state index contributed by atoms with van der Waals surface area (Å²) < 4.78 is 11.0. The first kappa shape index (κ1) is 8.52. The molecule has 2 heteroatoms. The van der Waals surface area contributed by atoms with E-state index in [-0.39, 0.29) is 6.29 Å². The molecule has 1 aliphatic heterocycles. The lowest BCUT2D eigenvalue weighted by atomic mass is 9.82. The van der Waals surface area contributed by atoms with Crippen molar-refractivity contribution < 1.29 is 9.47 Å². The van der Waals surface area contributed by atoms with Crippen LogP contribution in [0.2, 0.25) is 0 Å². The second-order valence-electron chi connectivity index (χ2n) is 3.96. The lowest BCUT2D eigenvalue weighted by Crippen LogP contribution is -2.37. The Labute approximate surface area is 74.2 Å². The van der Waals surface area contributed by atoms with Gasteiger partial charge in [0.1, 0.15) is 0 Å². The number of methoxy groups -OCH3 is 1. The Balaban J connectivity index is 1.90. The number of fused-ring (bicyclic) bond motifs is 1. The molecule has 0 spiro atoms. The Kier molecular flexibility index (Phi) is 2.66. The first-order valence-corrected chi connectivity index (χ1v) is 5.08. The maximum Gasteiger partial charge on any atom is 0.157 e. The van der Waals surface area contributed by atoms with Gasteiger partial charge in [-0.3, -0.25) is 0 Å². The second-order valence-corrected chi connectivity index (χ2v) is 3.96. The van der Waals surface area contributed by atoms with Crippen molar-refractivity contribution in [2.45, 2.75) is 50.9 Å². The molecule has 3 atom stereocenters. The lowest BCUT2D eigenvalue weighted by molar-refractivity contribution is -0.204. The molecular formula is C10H18O2. The van der Waals surface area contributed by atoms with Crippen LogP contribution >= 0.6 is 0 Å². The summed E-state index contributed by atoms with van der Waals surface area (Å²) in [7, 11) is 1.74. The van der Waals surface area contributed by atoms with Crippen LogP contribution in [0.3, 0.4) is 0 Å². The Morgan fingerprint density at radius 1 is 1.08 bits per heavy atom. The number of ether oxygens (including phenoxy) is 2. The van der Waals surface area contributed by atoms with Gasteiger partial charge in [0.2, 0.25) is 0 Å². The van der Waals surface area contributed by atoms with Crippen molar-refractivity contribution in [3.63, 3.8) is 0 Å². The molecule has 0 aromatic rings. The summed E-state index contributed by atoms with van der Waals surface area (Å²) in [4.78, 5) is 0. The molecule has 0 aromatic carbocycles. The molecular weight excluding hydrogens is 152 g/mol. The van der Waals surface area contributed by atoms with Gasteiger partial charge in [0, 0.05) is 7.11 Å². The minimum atomic E-state index is 0.0874. The molecule has 2 fully saturated rings. The molecule has 0 N–H and O–H groups in total. The van der Waals surface area contributed by atoms with Gasteiger partial charge < -0.3 is 9.47 Å². The minimum absolute atomic E-state index is 0.0874. The maximum absolute atomic E-state index is 5.82. The molecule has 1 heterocycles. The fraction of sp³-hybridized carbons (Fsp3) is 1.00. The van der Waals surface area contributed by atoms with Crippen molar-refractivity contribution in [3.05, 3.63) is 0 Å². The van der Waals surface area contributed by atoms with E-state index in [0.717, 1.165) is 12.3 Å². The molecule has 0 radical (unpaired) electrons. The van der Waals surface area contributed by atoms with Crippen LogP contribution in [0.25, 0.3) is 0 Å². The number of hydrogen-bond acceptors (Lipinski definition) is 2. The Bertz CT molecular complexity index is 147. The molecule has 12 heavy (non-hydrogen) atoms. The Morgan fingerprint density at radius 2 is 1.92 bits per heavy atom. The zero-order chi connectivity index (χ0) is 8.39. The molecule has 1 saturated heterocycles. The van der Waals surface area contributed by atoms with Crippen molar-refractivity contribution in [3.8, 4) is 0 Å². The van der Waals surface area contributed by atoms with Gasteiger partial charge in [0.15, 0.2) is 6.29 Å². The highest BCUT2D eigenvalue weighted by Gasteiger charge is 2.32. The molecule has 0 bridgehead atoms. The largest absolute Gasteiger partial charge is 0.356 e. The van der Waals surface area contributed by atoms with Crippen molar-refractivity contribution >= 4 is 0 Å². The summed E-state index contributed by atoms with van der Waals surface area (Å²) in [5.41, 5.74) is 0. The highest BCUT2D eigenvalue weighted by molar-refractivity contribution is 4.80. The van der Waals surface area contributed by atoms with Gasteiger partial charge in [-0.25, -0.2) is 0 Å². The van der Waals surface area contributed by atoms with Gasteiger partial charge >= 0.3 is 0 Å². The van der Waals surface area contributed by atoms with E-state index in [9.17, 15) is 0 Å². The highest BCUT2D eigenvalue weighted by Crippen LogP contribution is 2.35. The van der Waals surface area contributed by atoms with Crippen LogP contribution in [-0.4, -0.2) is 19.5 Å². The smallest absolute Gasteiger partial charge is 0.157 e. The van der Waals surface area contributed by atoms with Gasteiger partial charge in [-0.1, -0.05) is 12.8 Å². The summed E-state index contributed by atoms with van der Waals surface area (Å²) >= 11 is 0. The van der Waals surface area contributed by atoms with E-state index in [2.05, 4.69) is 0 Å². The summed E-state index contributed by atoms with van der Waals surface area (Å²) in [6, 6.07) is 0. The van der Waals surface area contributed by atoms with E-state index < -0.39 is 0 Å². The third-order valence-corrected chi connectivity index (χ3v) is 3.20. The quantitative estimate of drug-likeness (QED) is 0.601. The molecule has 1 saturated carbocycles. The summed E-state index contributed by atoms with van der Waals surface area (Å²) in [5, 5.41) is 0. The van der Waals surface area contributed by atoms with E-state index in [1.165, 1.54) is 32.1 Å². The van der Waals surface area contributed by atoms with E-state index in [0.29, 0.717) is 6.10 Å². The number of hydrogen-bond donors (Lipinski definition) is 0. The maximum atomic E-state index is 5.82. The van der Waals surface area contributed by atoms with E-state index in [1.807, 2.05) is 0 Å². The predicted molar refractivity (Wildman–Crippen MR) is 46.9 cm³/mol. The first-order chi connectivity index (χ1) is 5.90. The first-order valence-electron chi connectivity index (χ1n) is 5.08. The third-order valence-electron chi connectivity index (χ3n) is 3.20. The minimum Gasteiger partial charge on any atom is -0.356 e. The molecule has 2 unspecified atom stereocenters. The SMILES string of the molecule is COC1CCC2CCCC[C@H]2O1. The Morgan fingerprint density at radius 3 is 2.75 bits per heavy atom. The average Bonchev–Trinajstić information content (AvgIpc) is 2.17. The molecule has 2 nitrogen and oxygen atoms in total. The molecule has 70 valence electrons. The summed E-state index contributed by atoms with van der Waals surface area (Å²) in [6.07, 6.45) is 8.38. The summed E-state index contributed by atoms with van der Waals surface area (Å²) in [5.74, 6) is 0.838. The van der Waals surface area contributed by atoms with Crippen molar-refractivity contribution in [1.29, 1.82) is 0 Å². The topological polar surface area (TPSA) is 18.5 Å². The van der Waals surface area contributed by atoms with Crippen LogP contribution in [0.1, 0.15) is 38.5 Å². The normalized spacial score (nSPS) is 42.2. The molecule has 0 amide bonds. The van der Waals surface area contributed by atoms with E-state index in [1.54, 1.807) is 7.11 Å². The zero-order valence-electron chi connectivity index (χ0n) is 7.79. The monoisotopic (exact) mass is 170 g/mol.